The van der Waals surface area contributed by atoms with E-state index in [2.05, 4.69) is 39.5 Å². The van der Waals surface area contributed by atoms with Gasteiger partial charge < -0.3 is 19.7 Å². The SMILES string of the molecule is COCCN1C(C)(C)CC(Oc2ncc(C3CCC(O)CC3)c3nc(C[C@@H](C)CCO)ncc23)CC1(C)C. The fourth-order valence-electron chi connectivity index (χ4n) is 6.82. The van der Waals surface area contributed by atoms with Crippen molar-refractivity contribution in [2.24, 2.45) is 5.92 Å². The van der Waals surface area contributed by atoms with Crippen LogP contribution >= 0.6 is 0 Å². The van der Waals surface area contributed by atoms with Gasteiger partial charge in [0.15, 0.2) is 0 Å². The molecule has 0 spiro atoms. The Labute approximate surface area is 228 Å². The van der Waals surface area contributed by atoms with Crippen molar-refractivity contribution >= 4 is 10.9 Å². The number of hydrogen-bond acceptors (Lipinski definition) is 8. The summed E-state index contributed by atoms with van der Waals surface area (Å²) in [6.07, 6.45) is 10.4. The third-order valence-corrected chi connectivity index (χ3v) is 8.67. The Bertz CT molecular complexity index is 1050. The standard InChI is InChI=1S/C30H48N4O4/c1-20(11-13-35)15-26-31-19-25-27(33-26)24(21-7-9-22(36)10-8-21)18-32-28(25)38-23-16-29(2,3)34(12-14-37-6)30(4,5)17-23/h18-23,35-36H,7-17H2,1-6H3/t20-,21?,22?/m0/s1. The maximum Gasteiger partial charge on any atom is 0.224 e. The van der Waals surface area contributed by atoms with Crippen LogP contribution < -0.4 is 4.74 Å². The van der Waals surface area contributed by atoms with Gasteiger partial charge in [-0.2, -0.15) is 0 Å². The van der Waals surface area contributed by atoms with Crippen molar-refractivity contribution in [2.75, 3.05) is 26.9 Å². The average molecular weight is 529 g/mol. The van der Waals surface area contributed by atoms with Crippen molar-refractivity contribution in [3.8, 4) is 5.88 Å². The Kier molecular flexibility index (Phi) is 9.28. The normalized spacial score (nSPS) is 24.9. The number of fused-ring (bicyclic) bond motifs is 1. The molecule has 2 aromatic heterocycles. The molecule has 0 amide bonds. The van der Waals surface area contributed by atoms with Gasteiger partial charge in [-0.25, -0.2) is 15.0 Å². The predicted molar refractivity (Wildman–Crippen MR) is 150 cm³/mol. The van der Waals surface area contributed by atoms with Crippen LogP contribution in [0, 0.1) is 5.92 Å². The summed E-state index contributed by atoms with van der Waals surface area (Å²) >= 11 is 0. The van der Waals surface area contributed by atoms with Crippen molar-refractivity contribution in [3.63, 3.8) is 0 Å². The van der Waals surface area contributed by atoms with Crippen molar-refractivity contribution in [2.45, 2.75) is 115 Å². The second-order valence-electron chi connectivity index (χ2n) is 12.8. The van der Waals surface area contributed by atoms with Gasteiger partial charge in [-0.15, -0.1) is 0 Å². The molecule has 4 rings (SSSR count). The van der Waals surface area contributed by atoms with E-state index in [9.17, 15) is 10.2 Å². The Balaban J connectivity index is 1.65. The van der Waals surface area contributed by atoms with Crippen LogP contribution in [0.5, 0.6) is 5.88 Å². The van der Waals surface area contributed by atoms with Crippen LogP contribution in [0.4, 0.5) is 0 Å². The number of rotatable bonds is 10. The van der Waals surface area contributed by atoms with E-state index >= 15 is 0 Å². The summed E-state index contributed by atoms with van der Waals surface area (Å²) in [6.45, 7) is 13.0. The van der Waals surface area contributed by atoms with Gasteiger partial charge in [-0.1, -0.05) is 6.92 Å². The fourth-order valence-corrected chi connectivity index (χ4v) is 6.82. The highest BCUT2D eigenvalue weighted by atomic mass is 16.5. The maximum absolute atomic E-state index is 10.1. The van der Waals surface area contributed by atoms with Gasteiger partial charge in [0.05, 0.1) is 23.6 Å². The summed E-state index contributed by atoms with van der Waals surface area (Å²) < 4.78 is 12.1. The summed E-state index contributed by atoms with van der Waals surface area (Å²) in [6, 6.07) is 0. The topological polar surface area (TPSA) is 101 Å². The molecular weight excluding hydrogens is 480 g/mol. The average Bonchev–Trinajstić information content (AvgIpc) is 2.83. The molecule has 2 fully saturated rings. The maximum atomic E-state index is 10.1. The minimum absolute atomic E-state index is 0.0226. The van der Waals surface area contributed by atoms with E-state index < -0.39 is 0 Å². The molecule has 1 aliphatic heterocycles. The first kappa shape index (κ1) is 29.1. The predicted octanol–water partition coefficient (Wildman–Crippen LogP) is 4.65. The Morgan fingerprint density at radius 2 is 1.74 bits per heavy atom. The molecule has 1 saturated carbocycles. The number of hydrogen-bond donors (Lipinski definition) is 2. The van der Waals surface area contributed by atoms with Gasteiger partial charge in [0, 0.05) is 68.6 Å². The van der Waals surface area contributed by atoms with E-state index in [-0.39, 0.29) is 29.9 Å². The van der Waals surface area contributed by atoms with Crippen LogP contribution in [0.15, 0.2) is 12.4 Å². The highest BCUT2D eigenvalue weighted by molar-refractivity contribution is 5.85. The van der Waals surface area contributed by atoms with E-state index in [1.165, 1.54) is 0 Å². The zero-order valence-corrected chi connectivity index (χ0v) is 24.2. The summed E-state index contributed by atoms with van der Waals surface area (Å²) in [7, 11) is 1.76. The lowest BCUT2D eigenvalue weighted by atomic mass is 9.78. The largest absolute Gasteiger partial charge is 0.474 e. The number of ether oxygens (including phenoxy) is 2. The first-order chi connectivity index (χ1) is 18.0. The van der Waals surface area contributed by atoms with E-state index in [0.717, 1.165) is 80.2 Å². The molecule has 0 aromatic carbocycles. The number of nitrogens with zero attached hydrogens (tertiary/aromatic N) is 4. The van der Waals surface area contributed by atoms with Crippen LogP contribution in [0.25, 0.3) is 10.9 Å². The van der Waals surface area contributed by atoms with E-state index in [0.29, 0.717) is 24.3 Å². The van der Waals surface area contributed by atoms with Crippen molar-refractivity contribution in [1.29, 1.82) is 0 Å². The highest BCUT2D eigenvalue weighted by Crippen LogP contribution is 2.41. The molecule has 1 atom stereocenters. The molecule has 8 heteroatoms. The van der Waals surface area contributed by atoms with Gasteiger partial charge in [0.2, 0.25) is 5.88 Å². The van der Waals surface area contributed by atoms with Crippen molar-refractivity contribution < 1.29 is 19.7 Å². The lowest BCUT2D eigenvalue weighted by Gasteiger charge is -2.55. The number of methoxy groups -OCH3 is 1. The first-order valence-corrected chi connectivity index (χ1v) is 14.4. The molecule has 1 saturated heterocycles. The molecule has 38 heavy (non-hydrogen) atoms. The molecule has 3 heterocycles. The van der Waals surface area contributed by atoms with Gasteiger partial charge in [-0.3, -0.25) is 4.90 Å². The zero-order chi connectivity index (χ0) is 27.5. The van der Waals surface area contributed by atoms with E-state index in [1.54, 1.807) is 7.11 Å². The Morgan fingerprint density at radius 3 is 2.37 bits per heavy atom. The lowest BCUT2D eigenvalue weighted by Crippen LogP contribution is -2.63. The Hall–Kier alpha value is -1.87. The molecule has 2 aliphatic rings. The van der Waals surface area contributed by atoms with Crippen molar-refractivity contribution in [1.82, 2.24) is 19.9 Å². The molecule has 8 nitrogen and oxygen atoms in total. The monoisotopic (exact) mass is 528 g/mol. The van der Waals surface area contributed by atoms with Crippen LogP contribution in [0.3, 0.4) is 0 Å². The second-order valence-corrected chi connectivity index (χ2v) is 12.8. The van der Waals surface area contributed by atoms with Gasteiger partial charge in [-0.05, 0) is 71.6 Å². The number of pyridine rings is 1. The van der Waals surface area contributed by atoms with E-state index in [1.807, 2.05) is 12.4 Å². The van der Waals surface area contributed by atoms with Gasteiger partial charge >= 0.3 is 0 Å². The van der Waals surface area contributed by atoms with E-state index in [4.69, 9.17) is 24.4 Å². The van der Waals surface area contributed by atoms with Crippen LogP contribution in [0.1, 0.15) is 96.9 Å². The molecule has 2 aromatic rings. The zero-order valence-electron chi connectivity index (χ0n) is 24.2. The van der Waals surface area contributed by atoms with Gasteiger partial charge in [0.1, 0.15) is 11.9 Å². The minimum Gasteiger partial charge on any atom is -0.474 e. The minimum atomic E-state index is -0.209. The number of aliphatic hydroxyl groups is 2. The highest BCUT2D eigenvalue weighted by Gasteiger charge is 2.46. The smallest absolute Gasteiger partial charge is 0.224 e. The van der Waals surface area contributed by atoms with Crippen LogP contribution in [-0.4, -0.2) is 80.2 Å². The molecule has 2 N–H and O–H groups in total. The molecule has 0 radical (unpaired) electrons. The molecular formula is C30H48N4O4. The third kappa shape index (κ3) is 6.64. The summed E-state index contributed by atoms with van der Waals surface area (Å²) in [5.74, 6) is 2.02. The molecule has 0 unspecified atom stereocenters. The Morgan fingerprint density at radius 1 is 1.05 bits per heavy atom. The number of piperidine rings is 1. The summed E-state index contributed by atoms with van der Waals surface area (Å²) in [5, 5.41) is 20.3. The number of likely N-dealkylation sites (tertiary alicyclic amines) is 1. The van der Waals surface area contributed by atoms with Crippen LogP contribution in [0.2, 0.25) is 0 Å². The first-order valence-electron chi connectivity index (χ1n) is 14.4. The third-order valence-electron chi connectivity index (χ3n) is 8.67. The second kappa shape index (κ2) is 12.1. The quantitative estimate of drug-likeness (QED) is 0.460. The van der Waals surface area contributed by atoms with Crippen LogP contribution in [-0.2, 0) is 11.2 Å². The number of aromatic nitrogens is 3. The lowest BCUT2D eigenvalue weighted by molar-refractivity contribution is -0.0815. The number of aliphatic hydroxyl groups excluding tert-OH is 2. The molecule has 212 valence electrons. The fraction of sp³-hybridized carbons (Fsp3) is 0.767. The molecule has 1 aliphatic carbocycles. The van der Waals surface area contributed by atoms with Gasteiger partial charge in [0.25, 0.3) is 0 Å². The summed E-state index contributed by atoms with van der Waals surface area (Å²) in [4.78, 5) is 17.1. The molecule has 0 bridgehead atoms. The summed E-state index contributed by atoms with van der Waals surface area (Å²) in [5.41, 5.74) is 1.97. The van der Waals surface area contributed by atoms with Crippen molar-refractivity contribution in [3.05, 3.63) is 23.8 Å².